The zero-order valence-corrected chi connectivity index (χ0v) is 17.1. The molecule has 0 aliphatic carbocycles. The number of nitrogens with one attached hydrogen (secondary N) is 2. The fourth-order valence-electron chi connectivity index (χ4n) is 3.85. The second kappa shape index (κ2) is 7.37. The van der Waals surface area contributed by atoms with Gasteiger partial charge >= 0.3 is 0 Å². The minimum absolute atomic E-state index is 0.286. The van der Waals surface area contributed by atoms with Gasteiger partial charge < -0.3 is 10.6 Å². The predicted octanol–water partition coefficient (Wildman–Crippen LogP) is 3.57. The van der Waals surface area contributed by atoms with Crippen molar-refractivity contribution < 1.29 is 9.59 Å². The SMILES string of the molecule is Cc1ccc(C(=O)N[C@@H]2C(=O)Nc3c(c(C)nn3C)[C@@H]2c2cccc(Cl)c2)cc1. The molecule has 29 heavy (non-hydrogen) atoms. The van der Waals surface area contributed by atoms with Crippen LogP contribution in [0.2, 0.25) is 5.02 Å². The van der Waals surface area contributed by atoms with Crippen LogP contribution in [-0.4, -0.2) is 27.6 Å². The van der Waals surface area contributed by atoms with E-state index in [0.29, 0.717) is 16.4 Å². The number of benzene rings is 2. The molecule has 2 atom stereocenters. The minimum atomic E-state index is -0.794. The molecular formula is C22H21ClN4O2. The van der Waals surface area contributed by atoms with E-state index in [1.54, 1.807) is 29.9 Å². The molecule has 2 aromatic carbocycles. The first-order chi connectivity index (χ1) is 13.8. The Morgan fingerprint density at radius 2 is 1.90 bits per heavy atom. The molecule has 148 valence electrons. The van der Waals surface area contributed by atoms with Gasteiger partial charge in [0.2, 0.25) is 5.91 Å². The summed E-state index contributed by atoms with van der Waals surface area (Å²) in [4.78, 5) is 25.9. The lowest BCUT2D eigenvalue weighted by atomic mass is 9.82. The van der Waals surface area contributed by atoms with Crippen LogP contribution in [0.3, 0.4) is 0 Å². The second-order valence-electron chi connectivity index (χ2n) is 7.31. The van der Waals surface area contributed by atoms with Crippen molar-refractivity contribution in [1.82, 2.24) is 15.1 Å². The predicted molar refractivity (Wildman–Crippen MR) is 112 cm³/mol. The number of rotatable bonds is 3. The highest BCUT2D eigenvalue weighted by Crippen LogP contribution is 2.39. The van der Waals surface area contributed by atoms with Gasteiger partial charge in [-0.25, -0.2) is 0 Å². The molecule has 2 N–H and O–H groups in total. The number of aromatic nitrogens is 2. The number of nitrogens with zero attached hydrogens (tertiary/aromatic N) is 2. The third kappa shape index (κ3) is 3.51. The maximum atomic E-state index is 13.0. The number of aryl methyl sites for hydroxylation is 3. The summed E-state index contributed by atoms with van der Waals surface area (Å²) in [5.41, 5.74) is 4.08. The van der Waals surface area contributed by atoms with Crippen LogP contribution >= 0.6 is 11.6 Å². The number of halogens is 1. The Kier molecular flexibility index (Phi) is 4.88. The number of carbonyl (C=O) groups is 2. The van der Waals surface area contributed by atoms with Gasteiger partial charge in [-0.05, 0) is 43.7 Å². The van der Waals surface area contributed by atoms with E-state index in [4.69, 9.17) is 11.6 Å². The van der Waals surface area contributed by atoms with E-state index in [2.05, 4.69) is 15.7 Å². The first-order valence-electron chi connectivity index (χ1n) is 9.32. The highest BCUT2D eigenvalue weighted by atomic mass is 35.5. The number of amides is 2. The topological polar surface area (TPSA) is 76.0 Å². The average molecular weight is 409 g/mol. The fraction of sp³-hybridized carbons (Fsp3) is 0.227. The van der Waals surface area contributed by atoms with Crippen LogP contribution in [0.5, 0.6) is 0 Å². The van der Waals surface area contributed by atoms with Gasteiger partial charge in [-0.3, -0.25) is 14.3 Å². The molecule has 0 saturated heterocycles. The van der Waals surface area contributed by atoms with Gasteiger partial charge in [0, 0.05) is 29.1 Å². The molecule has 4 rings (SSSR count). The molecule has 3 aromatic rings. The Morgan fingerprint density at radius 1 is 1.17 bits per heavy atom. The van der Waals surface area contributed by atoms with Crippen LogP contribution in [0.25, 0.3) is 0 Å². The van der Waals surface area contributed by atoms with Gasteiger partial charge in [-0.15, -0.1) is 0 Å². The molecule has 1 aliphatic heterocycles. The smallest absolute Gasteiger partial charge is 0.251 e. The largest absolute Gasteiger partial charge is 0.339 e. The summed E-state index contributed by atoms with van der Waals surface area (Å²) in [7, 11) is 1.78. The zero-order chi connectivity index (χ0) is 20.7. The molecule has 1 aromatic heterocycles. The third-order valence-electron chi connectivity index (χ3n) is 5.25. The van der Waals surface area contributed by atoms with Crippen LogP contribution in [0.1, 0.15) is 38.7 Å². The summed E-state index contributed by atoms with van der Waals surface area (Å²) in [5.74, 6) is -0.355. The number of hydrogen-bond acceptors (Lipinski definition) is 3. The van der Waals surface area contributed by atoms with E-state index < -0.39 is 12.0 Å². The van der Waals surface area contributed by atoms with Crippen LogP contribution < -0.4 is 10.6 Å². The molecule has 2 amide bonds. The Balaban J connectivity index is 1.78. The zero-order valence-electron chi connectivity index (χ0n) is 16.4. The summed E-state index contributed by atoms with van der Waals surface area (Å²) >= 11 is 6.23. The van der Waals surface area contributed by atoms with Gasteiger partial charge in [0.1, 0.15) is 11.9 Å². The second-order valence-corrected chi connectivity index (χ2v) is 7.75. The number of anilines is 1. The highest BCUT2D eigenvalue weighted by Gasteiger charge is 2.41. The average Bonchev–Trinajstić information content (AvgIpc) is 2.96. The van der Waals surface area contributed by atoms with E-state index in [-0.39, 0.29) is 11.8 Å². The van der Waals surface area contributed by atoms with Crippen molar-refractivity contribution in [3.8, 4) is 0 Å². The highest BCUT2D eigenvalue weighted by molar-refractivity contribution is 6.30. The molecule has 7 heteroatoms. The van der Waals surface area contributed by atoms with Crippen LogP contribution in [0.4, 0.5) is 5.82 Å². The number of carbonyl (C=O) groups excluding carboxylic acids is 2. The first kappa shape index (κ1) is 19.2. The molecule has 6 nitrogen and oxygen atoms in total. The van der Waals surface area contributed by atoms with Gasteiger partial charge in [-0.2, -0.15) is 5.10 Å². The van der Waals surface area contributed by atoms with E-state index in [9.17, 15) is 9.59 Å². The van der Waals surface area contributed by atoms with Crippen molar-refractivity contribution in [2.45, 2.75) is 25.8 Å². The maximum absolute atomic E-state index is 13.0. The Bertz CT molecular complexity index is 1100. The summed E-state index contributed by atoms with van der Waals surface area (Å²) in [6, 6.07) is 13.8. The van der Waals surface area contributed by atoms with Crippen molar-refractivity contribution in [2.24, 2.45) is 7.05 Å². The first-order valence-corrected chi connectivity index (χ1v) is 9.70. The van der Waals surface area contributed by atoms with Gasteiger partial charge in [0.05, 0.1) is 5.69 Å². The van der Waals surface area contributed by atoms with Crippen molar-refractivity contribution >= 4 is 29.2 Å². The number of hydrogen-bond donors (Lipinski definition) is 2. The van der Waals surface area contributed by atoms with Crippen LogP contribution in [0, 0.1) is 13.8 Å². The van der Waals surface area contributed by atoms with E-state index >= 15 is 0 Å². The lowest BCUT2D eigenvalue weighted by Gasteiger charge is -2.32. The standard InChI is InChI=1S/C22H21ClN4O2/c1-12-7-9-14(10-8-12)21(28)24-19-18(15-5-4-6-16(23)11-15)17-13(2)26-27(3)20(17)25-22(19)29/h4-11,18-19H,1-3H3,(H,24,28)(H,25,29)/t18-,19-/m0/s1. The van der Waals surface area contributed by atoms with Gasteiger partial charge in [0.25, 0.3) is 5.91 Å². The molecule has 0 bridgehead atoms. The van der Waals surface area contributed by atoms with Crippen molar-refractivity contribution in [3.63, 3.8) is 0 Å². The summed E-state index contributed by atoms with van der Waals surface area (Å²) in [6.45, 7) is 3.85. The fourth-order valence-corrected chi connectivity index (χ4v) is 4.04. The quantitative estimate of drug-likeness (QED) is 0.695. The monoisotopic (exact) mass is 408 g/mol. The Morgan fingerprint density at radius 3 is 2.59 bits per heavy atom. The Labute approximate surface area is 173 Å². The van der Waals surface area contributed by atoms with Crippen molar-refractivity contribution in [1.29, 1.82) is 0 Å². The van der Waals surface area contributed by atoms with E-state index in [1.807, 2.05) is 44.2 Å². The summed E-state index contributed by atoms with van der Waals surface area (Å²) in [5, 5.41) is 10.8. The molecule has 0 spiro atoms. The van der Waals surface area contributed by atoms with E-state index in [0.717, 1.165) is 22.4 Å². The molecule has 0 radical (unpaired) electrons. The Hall–Kier alpha value is -3.12. The minimum Gasteiger partial charge on any atom is -0.339 e. The normalized spacial score (nSPS) is 18.1. The molecule has 0 unspecified atom stereocenters. The molecule has 2 heterocycles. The molecule has 0 saturated carbocycles. The lowest BCUT2D eigenvalue weighted by Crippen LogP contribution is -2.50. The number of fused-ring (bicyclic) bond motifs is 1. The van der Waals surface area contributed by atoms with Crippen molar-refractivity contribution in [3.05, 3.63) is 81.5 Å². The van der Waals surface area contributed by atoms with Crippen LogP contribution in [-0.2, 0) is 11.8 Å². The third-order valence-corrected chi connectivity index (χ3v) is 5.48. The van der Waals surface area contributed by atoms with E-state index in [1.165, 1.54) is 0 Å². The van der Waals surface area contributed by atoms with Crippen LogP contribution in [0.15, 0.2) is 48.5 Å². The molecule has 1 aliphatic rings. The summed E-state index contributed by atoms with van der Waals surface area (Å²) in [6.07, 6.45) is 0. The summed E-state index contributed by atoms with van der Waals surface area (Å²) < 4.78 is 1.65. The maximum Gasteiger partial charge on any atom is 0.251 e. The van der Waals surface area contributed by atoms with Crippen molar-refractivity contribution in [2.75, 3.05) is 5.32 Å². The molecular weight excluding hydrogens is 388 g/mol. The van der Waals surface area contributed by atoms with Gasteiger partial charge in [-0.1, -0.05) is 41.4 Å². The lowest BCUT2D eigenvalue weighted by molar-refractivity contribution is -0.118. The van der Waals surface area contributed by atoms with Gasteiger partial charge in [0.15, 0.2) is 0 Å². The molecule has 0 fully saturated rings.